The molecule has 1 fully saturated rings. The van der Waals surface area contributed by atoms with Crippen LogP contribution in [0.1, 0.15) is 82.3 Å². The summed E-state index contributed by atoms with van der Waals surface area (Å²) in [5, 5.41) is 17.3. The van der Waals surface area contributed by atoms with Crippen molar-refractivity contribution in [2.75, 3.05) is 6.54 Å². The summed E-state index contributed by atoms with van der Waals surface area (Å²) in [5.41, 5.74) is 1.26. The predicted octanol–water partition coefficient (Wildman–Crippen LogP) is 4.72. The van der Waals surface area contributed by atoms with Crippen LogP contribution in [-0.2, 0) is 11.2 Å². The normalized spacial score (nSPS) is 21.0. The highest BCUT2D eigenvalue weighted by Gasteiger charge is 2.46. The molecule has 2 aliphatic rings. The van der Waals surface area contributed by atoms with Crippen molar-refractivity contribution in [3.63, 3.8) is 0 Å². The Kier molecular flexibility index (Phi) is 7.67. The second kappa shape index (κ2) is 10.4. The number of fused-ring (bicyclic) bond motifs is 1. The highest BCUT2D eigenvalue weighted by molar-refractivity contribution is 5.73. The molecule has 1 saturated carbocycles. The monoisotopic (exact) mass is 501 g/mol. The number of aliphatic hydroxyl groups is 1. The fourth-order valence-corrected chi connectivity index (χ4v) is 5.07. The van der Waals surface area contributed by atoms with Crippen molar-refractivity contribution in [3.8, 4) is 5.88 Å². The van der Waals surface area contributed by atoms with Gasteiger partial charge in [-0.2, -0.15) is 0 Å². The molecule has 0 bridgehead atoms. The van der Waals surface area contributed by atoms with E-state index in [9.17, 15) is 14.3 Å². The third kappa shape index (κ3) is 6.03. The molecule has 1 aliphatic heterocycles. The maximum absolute atomic E-state index is 15.1. The summed E-state index contributed by atoms with van der Waals surface area (Å²) < 4.78 is 34.7. The number of nitrogens with one attached hydrogen (secondary N) is 2. The number of pyridine rings is 1. The fraction of sp³-hybridized carbons (Fsp3) is 0.571. The number of carbonyl (C=O) groups is 1. The molecule has 4 rings (SSSR count). The van der Waals surface area contributed by atoms with Crippen molar-refractivity contribution in [1.29, 1.82) is 0 Å². The zero-order chi connectivity index (χ0) is 26.1. The van der Waals surface area contributed by atoms with Gasteiger partial charge in [-0.15, -0.1) is 0 Å². The van der Waals surface area contributed by atoms with Crippen LogP contribution in [0.25, 0.3) is 0 Å². The number of ether oxygens (including phenoxy) is 1. The van der Waals surface area contributed by atoms with Crippen LogP contribution in [0.3, 0.4) is 0 Å². The second-order valence-corrected chi connectivity index (χ2v) is 11.4. The first-order valence-corrected chi connectivity index (χ1v) is 12.7. The first kappa shape index (κ1) is 26.5. The fourth-order valence-electron chi connectivity index (χ4n) is 5.07. The molecular formula is C28H37F2N3O3. The summed E-state index contributed by atoms with van der Waals surface area (Å²) in [6.45, 7) is 7.17. The van der Waals surface area contributed by atoms with Crippen molar-refractivity contribution in [3.05, 3.63) is 59.0 Å². The molecule has 1 amide bonds. The number of aromatic nitrogens is 1. The Morgan fingerprint density at radius 3 is 2.56 bits per heavy atom. The summed E-state index contributed by atoms with van der Waals surface area (Å²) >= 11 is 0. The first-order valence-electron chi connectivity index (χ1n) is 12.7. The SMILES string of the molecule is CC(=O)N[C@@H](Cc1ccc(F)cc1)[C@@H](O)CN[C@H]1CC2(CCC2)Oc2ncc(C(F)C(C)(C)C)cc21. The molecule has 0 saturated heterocycles. The molecule has 1 aromatic carbocycles. The Bertz CT molecular complexity index is 1070. The second-order valence-electron chi connectivity index (χ2n) is 11.4. The molecule has 1 spiro atoms. The van der Waals surface area contributed by atoms with Gasteiger partial charge < -0.3 is 20.5 Å². The van der Waals surface area contributed by atoms with Crippen molar-refractivity contribution < 1.29 is 23.4 Å². The first-order chi connectivity index (χ1) is 17.0. The number of benzene rings is 1. The summed E-state index contributed by atoms with van der Waals surface area (Å²) in [6, 6.07) is 7.12. The molecule has 196 valence electrons. The van der Waals surface area contributed by atoms with Crippen LogP contribution in [0.4, 0.5) is 8.78 Å². The van der Waals surface area contributed by atoms with E-state index < -0.39 is 23.7 Å². The van der Waals surface area contributed by atoms with Gasteiger partial charge in [0.05, 0.1) is 12.1 Å². The number of alkyl halides is 1. The molecule has 2 heterocycles. The van der Waals surface area contributed by atoms with E-state index >= 15 is 4.39 Å². The van der Waals surface area contributed by atoms with Gasteiger partial charge in [-0.05, 0) is 54.9 Å². The molecule has 2 aromatic rings. The largest absolute Gasteiger partial charge is 0.471 e. The maximum atomic E-state index is 15.1. The molecule has 1 aromatic heterocycles. The lowest BCUT2D eigenvalue weighted by Gasteiger charge is -2.47. The summed E-state index contributed by atoms with van der Waals surface area (Å²) in [6.07, 6.45) is 3.50. The minimum atomic E-state index is -1.18. The van der Waals surface area contributed by atoms with Gasteiger partial charge in [0.25, 0.3) is 0 Å². The van der Waals surface area contributed by atoms with Crippen molar-refractivity contribution in [2.45, 2.75) is 89.8 Å². The average molecular weight is 502 g/mol. The third-order valence-electron chi connectivity index (χ3n) is 7.28. The van der Waals surface area contributed by atoms with Gasteiger partial charge in [0.2, 0.25) is 11.8 Å². The molecule has 6 nitrogen and oxygen atoms in total. The Balaban J connectivity index is 1.52. The van der Waals surface area contributed by atoms with Crippen molar-refractivity contribution >= 4 is 5.91 Å². The van der Waals surface area contributed by atoms with Gasteiger partial charge in [0.15, 0.2) is 0 Å². The van der Waals surface area contributed by atoms with E-state index in [1.165, 1.54) is 19.1 Å². The highest BCUT2D eigenvalue weighted by atomic mass is 19.1. The van der Waals surface area contributed by atoms with Gasteiger partial charge in [-0.1, -0.05) is 32.9 Å². The van der Waals surface area contributed by atoms with Crippen LogP contribution in [-0.4, -0.2) is 40.3 Å². The predicted molar refractivity (Wildman–Crippen MR) is 134 cm³/mol. The number of nitrogens with zero attached hydrogens (tertiary/aromatic N) is 1. The molecule has 36 heavy (non-hydrogen) atoms. The van der Waals surface area contributed by atoms with Crippen LogP contribution in [0.15, 0.2) is 36.5 Å². The Morgan fingerprint density at radius 2 is 1.97 bits per heavy atom. The van der Waals surface area contributed by atoms with Crippen molar-refractivity contribution in [1.82, 2.24) is 15.6 Å². The lowest BCUT2D eigenvalue weighted by molar-refractivity contribution is -0.120. The van der Waals surface area contributed by atoms with Gasteiger partial charge >= 0.3 is 0 Å². The van der Waals surface area contributed by atoms with E-state index in [1.807, 2.05) is 26.8 Å². The molecule has 4 atom stereocenters. The zero-order valence-electron chi connectivity index (χ0n) is 21.5. The van der Waals surface area contributed by atoms with E-state index in [4.69, 9.17) is 4.74 Å². The van der Waals surface area contributed by atoms with Gasteiger partial charge in [0.1, 0.15) is 17.6 Å². The number of aliphatic hydroxyl groups excluding tert-OH is 1. The summed E-state index contributed by atoms with van der Waals surface area (Å²) in [5.74, 6) is -0.0753. The Labute approximate surface area is 211 Å². The number of carbonyl (C=O) groups excluding carboxylic acids is 1. The van der Waals surface area contributed by atoms with Gasteiger partial charge in [-0.3, -0.25) is 4.79 Å². The quantitative estimate of drug-likeness (QED) is 0.488. The summed E-state index contributed by atoms with van der Waals surface area (Å²) in [4.78, 5) is 16.3. The lowest BCUT2D eigenvalue weighted by atomic mass is 9.73. The molecule has 0 radical (unpaired) electrons. The standard InChI is InChI=1S/C28H37F2N3O3/c1-17(34)33-22(12-18-6-8-20(29)9-7-18)24(35)16-31-23-14-28(10-5-11-28)36-26-21(23)13-19(15-32-26)25(30)27(2,3)4/h6-9,13,15,22-25,31,35H,5,10-12,14,16H2,1-4H3,(H,33,34)/t22-,23-,24-,25?/m0/s1. The number of amides is 1. The lowest BCUT2D eigenvalue weighted by Crippen LogP contribution is -2.52. The minimum Gasteiger partial charge on any atom is -0.471 e. The zero-order valence-corrected chi connectivity index (χ0v) is 21.5. The minimum absolute atomic E-state index is 0.174. The third-order valence-corrected chi connectivity index (χ3v) is 7.28. The smallest absolute Gasteiger partial charge is 0.218 e. The number of halogens is 2. The van der Waals surface area contributed by atoms with E-state index in [0.717, 1.165) is 30.4 Å². The molecule has 1 unspecified atom stereocenters. The molecule has 8 heteroatoms. The van der Waals surface area contributed by atoms with E-state index in [1.54, 1.807) is 18.3 Å². The molecule has 3 N–H and O–H groups in total. The van der Waals surface area contributed by atoms with Gasteiger partial charge in [0, 0.05) is 43.3 Å². The van der Waals surface area contributed by atoms with E-state index in [-0.39, 0.29) is 29.9 Å². The van der Waals surface area contributed by atoms with E-state index in [0.29, 0.717) is 24.3 Å². The highest BCUT2D eigenvalue weighted by Crippen LogP contribution is 2.49. The Hall–Kier alpha value is -2.58. The number of hydrogen-bond acceptors (Lipinski definition) is 5. The van der Waals surface area contributed by atoms with Crippen molar-refractivity contribution in [2.24, 2.45) is 5.41 Å². The number of rotatable bonds is 8. The maximum Gasteiger partial charge on any atom is 0.218 e. The van der Waals surface area contributed by atoms with Crippen LogP contribution in [0.5, 0.6) is 5.88 Å². The topological polar surface area (TPSA) is 83.5 Å². The average Bonchev–Trinajstić information content (AvgIpc) is 2.80. The molecule has 1 aliphatic carbocycles. The van der Waals surface area contributed by atoms with Crippen LogP contribution in [0.2, 0.25) is 0 Å². The van der Waals surface area contributed by atoms with E-state index in [2.05, 4.69) is 15.6 Å². The van der Waals surface area contributed by atoms with Crippen LogP contribution < -0.4 is 15.4 Å². The van der Waals surface area contributed by atoms with Gasteiger partial charge in [-0.25, -0.2) is 13.8 Å². The van der Waals surface area contributed by atoms with Crippen LogP contribution in [0, 0.1) is 11.2 Å². The molecular weight excluding hydrogens is 464 g/mol. The Morgan fingerprint density at radius 1 is 1.28 bits per heavy atom. The number of hydrogen-bond donors (Lipinski definition) is 3. The summed E-state index contributed by atoms with van der Waals surface area (Å²) in [7, 11) is 0. The van der Waals surface area contributed by atoms with Crippen LogP contribution >= 0.6 is 0 Å².